The first-order chi connectivity index (χ1) is 12.3. The molecule has 0 saturated carbocycles. The number of fused-ring (bicyclic) bond motifs is 1. The maximum absolute atomic E-state index is 13.3. The molecule has 4 unspecified atom stereocenters. The maximum Gasteiger partial charge on any atom is 0.241 e. The highest BCUT2D eigenvalue weighted by Crippen LogP contribution is 2.24. The Balaban J connectivity index is 1.46. The maximum atomic E-state index is 13.3. The number of hydrazine groups is 1. The first-order valence-electron chi connectivity index (χ1n) is 9.47. The van der Waals surface area contributed by atoms with Crippen LogP contribution in [0.4, 0.5) is 0 Å². The van der Waals surface area contributed by atoms with Crippen LogP contribution in [-0.4, -0.2) is 61.8 Å². The van der Waals surface area contributed by atoms with E-state index in [2.05, 4.69) is 45.3 Å². The lowest BCUT2D eigenvalue weighted by atomic mass is 9.88. The van der Waals surface area contributed by atoms with E-state index in [4.69, 9.17) is 4.74 Å². The van der Waals surface area contributed by atoms with Gasteiger partial charge in [0, 0.05) is 31.7 Å². The molecule has 1 amide bonds. The summed E-state index contributed by atoms with van der Waals surface area (Å²) in [6.45, 7) is 4.08. The van der Waals surface area contributed by atoms with Crippen molar-refractivity contribution >= 4 is 5.91 Å². The Hall–Kier alpha value is -1.47. The van der Waals surface area contributed by atoms with Crippen molar-refractivity contribution in [3.63, 3.8) is 0 Å². The Labute approximate surface area is 149 Å². The van der Waals surface area contributed by atoms with Crippen LogP contribution in [0.3, 0.4) is 0 Å². The highest BCUT2D eigenvalue weighted by Gasteiger charge is 2.44. The van der Waals surface area contributed by atoms with E-state index in [0.717, 1.165) is 45.5 Å². The predicted molar refractivity (Wildman–Crippen MR) is 95.9 cm³/mol. The minimum atomic E-state index is -0.144. The first kappa shape index (κ1) is 17.0. The van der Waals surface area contributed by atoms with Crippen LogP contribution in [0.25, 0.3) is 0 Å². The molecule has 6 nitrogen and oxygen atoms in total. The van der Waals surface area contributed by atoms with Crippen LogP contribution in [0.1, 0.15) is 18.4 Å². The number of carbonyl (C=O) groups is 1. The lowest BCUT2D eigenvalue weighted by molar-refractivity contribution is -0.136. The predicted octanol–water partition coefficient (Wildman–Crippen LogP) is 0.301. The van der Waals surface area contributed by atoms with Crippen LogP contribution < -0.4 is 16.2 Å². The third kappa shape index (κ3) is 3.72. The second kappa shape index (κ2) is 7.83. The fourth-order valence-electron chi connectivity index (χ4n) is 4.27. The van der Waals surface area contributed by atoms with Gasteiger partial charge < -0.3 is 15.0 Å². The minimum absolute atomic E-state index is 0.144. The van der Waals surface area contributed by atoms with E-state index in [0.29, 0.717) is 18.6 Å². The second-order valence-corrected chi connectivity index (χ2v) is 7.31. The number of nitrogens with zero attached hydrogens (tertiary/aromatic N) is 1. The van der Waals surface area contributed by atoms with Crippen LogP contribution in [-0.2, 0) is 16.0 Å². The third-order valence-electron chi connectivity index (χ3n) is 5.76. The molecule has 0 aromatic heterocycles. The number of piperidine rings is 1. The molecule has 0 aliphatic carbocycles. The number of amides is 1. The summed E-state index contributed by atoms with van der Waals surface area (Å²) in [6.07, 6.45) is 2.89. The zero-order chi connectivity index (χ0) is 17.1. The molecular formula is C19H28N4O2. The summed E-state index contributed by atoms with van der Waals surface area (Å²) in [7, 11) is 0. The van der Waals surface area contributed by atoms with Gasteiger partial charge in [-0.05, 0) is 31.4 Å². The van der Waals surface area contributed by atoms with Gasteiger partial charge in [0.25, 0.3) is 0 Å². The Morgan fingerprint density at radius 1 is 1.20 bits per heavy atom. The monoisotopic (exact) mass is 344 g/mol. The van der Waals surface area contributed by atoms with Crippen LogP contribution in [0, 0.1) is 5.92 Å². The van der Waals surface area contributed by atoms with Crippen LogP contribution in [0.5, 0.6) is 0 Å². The number of ether oxygens (including phenoxy) is 1. The quantitative estimate of drug-likeness (QED) is 0.717. The van der Waals surface area contributed by atoms with Crippen molar-refractivity contribution in [1.82, 2.24) is 21.1 Å². The molecule has 3 saturated heterocycles. The largest absolute Gasteiger partial charge is 0.379 e. The number of rotatable bonds is 5. The molecular weight excluding hydrogens is 316 g/mol. The Morgan fingerprint density at radius 2 is 2.08 bits per heavy atom. The lowest BCUT2D eigenvalue weighted by Crippen LogP contribution is -2.54. The Bertz CT molecular complexity index is 576. The topological polar surface area (TPSA) is 65.6 Å². The summed E-state index contributed by atoms with van der Waals surface area (Å²) in [6, 6.07) is 10.9. The van der Waals surface area contributed by atoms with Crippen molar-refractivity contribution < 1.29 is 9.53 Å². The van der Waals surface area contributed by atoms with Crippen molar-refractivity contribution in [1.29, 1.82) is 0 Å². The molecule has 3 aliphatic rings. The van der Waals surface area contributed by atoms with Crippen molar-refractivity contribution in [3.8, 4) is 0 Å². The van der Waals surface area contributed by atoms with Gasteiger partial charge in [0.1, 0.15) is 6.04 Å². The van der Waals surface area contributed by atoms with Gasteiger partial charge in [0.15, 0.2) is 0 Å². The third-order valence-corrected chi connectivity index (χ3v) is 5.76. The van der Waals surface area contributed by atoms with Gasteiger partial charge in [0.2, 0.25) is 5.91 Å². The van der Waals surface area contributed by atoms with E-state index < -0.39 is 0 Å². The van der Waals surface area contributed by atoms with E-state index in [1.54, 1.807) is 0 Å². The zero-order valence-electron chi connectivity index (χ0n) is 14.6. The molecule has 136 valence electrons. The number of carbonyl (C=O) groups excluding carboxylic acids is 1. The van der Waals surface area contributed by atoms with Gasteiger partial charge in [-0.15, -0.1) is 0 Å². The van der Waals surface area contributed by atoms with E-state index in [1.807, 2.05) is 6.07 Å². The summed E-state index contributed by atoms with van der Waals surface area (Å²) >= 11 is 0. The molecule has 25 heavy (non-hydrogen) atoms. The van der Waals surface area contributed by atoms with Crippen molar-refractivity contribution in [2.45, 2.75) is 37.4 Å². The minimum Gasteiger partial charge on any atom is -0.379 e. The van der Waals surface area contributed by atoms with E-state index >= 15 is 0 Å². The van der Waals surface area contributed by atoms with E-state index in [1.165, 1.54) is 5.56 Å². The van der Waals surface area contributed by atoms with E-state index in [-0.39, 0.29) is 18.0 Å². The summed E-state index contributed by atoms with van der Waals surface area (Å²) in [5.74, 6) is 0.540. The summed E-state index contributed by atoms with van der Waals surface area (Å²) in [4.78, 5) is 15.4. The Morgan fingerprint density at radius 3 is 2.88 bits per heavy atom. The molecule has 0 spiro atoms. The highest BCUT2D eigenvalue weighted by molar-refractivity contribution is 5.83. The van der Waals surface area contributed by atoms with Crippen molar-refractivity contribution in [3.05, 3.63) is 35.9 Å². The summed E-state index contributed by atoms with van der Waals surface area (Å²) in [5.41, 5.74) is 7.89. The summed E-state index contributed by atoms with van der Waals surface area (Å²) in [5, 5.41) is 3.43. The molecule has 0 radical (unpaired) electrons. The fourth-order valence-corrected chi connectivity index (χ4v) is 4.27. The van der Waals surface area contributed by atoms with Crippen molar-refractivity contribution in [2.75, 3.05) is 32.8 Å². The number of hydrogen-bond donors (Lipinski definition) is 3. The van der Waals surface area contributed by atoms with Gasteiger partial charge in [0.05, 0.1) is 12.6 Å². The zero-order valence-corrected chi connectivity index (χ0v) is 14.6. The molecule has 1 aromatic rings. The molecule has 1 aromatic carbocycles. The van der Waals surface area contributed by atoms with Crippen LogP contribution in [0.2, 0.25) is 0 Å². The van der Waals surface area contributed by atoms with E-state index in [9.17, 15) is 4.79 Å². The van der Waals surface area contributed by atoms with Crippen LogP contribution >= 0.6 is 0 Å². The highest BCUT2D eigenvalue weighted by atomic mass is 16.5. The summed E-state index contributed by atoms with van der Waals surface area (Å²) < 4.78 is 5.57. The van der Waals surface area contributed by atoms with Gasteiger partial charge >= 0.3 is 0 Å². The smallest absolute Gasteiger partial charge is 0.241 e. The number of hydrogen-bond acceptors (Lipinski definition) is 5. The normalized spacial score (nSPS) is 31.7. The molecule has 3 aliphatic heterocycles. The second-order valence-electron chi connectivity index (χ2n) is 7.31. The Kier molecular flexibility index (Phi) is 5.31. The number of benzene rings is 1. The van der Waals surface area contributed by atoms with Crippen molar-refractivity contribution in [2.24, 2.45) is 5.92 Å². The fraction of sp³-hybridized carbons (Fsp3) is 0.632. The van der Waals surface area contributed by atoms with Gasteiger partial charge in [-0.2, -0.15) is 0 Å². The average molecular weight is 344 g/mol. The molecule has 4 atom stereocenters. The number of nitrogens with one attached hydrogen (secondary N) is 3. The standard InChI is InChI=1S/C19H28N4O2/c24-19(18-16-12-20-9-6-17(16)21-22-18)23(15-8-11-25-13-15)10-7-14-4-2-1-3-5-14/h1-5,15-18,20-22H,6-13H2. The molecule has 6 heteroatoms. The first-order valence-corrected chi connectivity index (χ1v) is 9.47. The van der Waals surface area contributed by atoms with Crippen LogP contribution in [0.15, 0.2) is 30.3 Å². The SMILES string of the molecule is O=C(C1NNC2CCNCC21)N(CCc1ccccc1)C1CCOC1. The van der Waals surface area contributed by atoms with Gasteiger partial charge in [-0.1, -0.05) is 30.3 Å². The van der Waals surface area contributed by atoms with Gasteiger partial charge in [-0.25, -0.2) is 5.43 Å². The molecule has 3 heterocycles. The molecule has 3 fully saturated rings. The van der Waals surface area contributed by atoms with Gasteiger partial charge in [-0.3, -0.25) is 10.2 Å². The molecule has 0 bridgehead atoms. The molecule has 3 N–H and O–H groups in total. The lowest BCUT2D eigenvalue weighted by Gasteiger charge is -2.34. The molecule has 4 rings (SSSR count). The average Bonchev–Trinajstić information content (AvgIpc) is 3.32.